The fraction of sp³-hybridized carbons (Fsp3) is 0.0588. The van der Waals surface area contributed by atoms with Gasteiger partial charge in [-0.05, 0) is 54.2 Å². The summed E-state index contributed by atoms with van der Waals surface area (Å²) in [6.45, 7) is -0.459. The standard InChI is InChI=1S/C17H15N5O5S/c23-15(24)10-18-16(25)12-3-5-13(6-4-12)20-17(28)21-19-9-11-1-7-14(8-2-11)22(26)27/h1-9H,10H2,(H,18,25)(H,23,24)(H2,20,21,28)/b19-9+. The summed E-state index contributed by atoms with van der Waals surface area (Å²) < 4.78 is 0. The molecule has 0 atom stereocenters. The van der Waals surface area contributed by atoms with Gasteiger partial charge in [0, 0.05) is 23.4 Å². The van der Waals surface area contributed by atoms with Crippen LogP contribution in [-0.2, 0) is 4.79 Å². The maximum absolute atomic E-state index is 11.7. The molecule has 0 aliphatic heterocycles. The molecule has 0 unspecified atom stereocenters. The van der Waals surface area contributed by atoms with E-state index in [0.29, 0.717) is 16.8 Å². The Labute approximate surface area is 164 Å². The van der Waals surface area contributed by atoms with Gasteiger partial charge in [-0.2, -0.15) is 5.10 Å². The Bertz CT molecular complexity index is 913. The van der Waals surface area contributed by atoms with E-state index in [9.17, 15) is 19.7 Å². The van der Waals surface area contributed by atoms with Crippen LogP contribution in [0.5, 0.6) is 0 Å². The topological polar surface area (TPSA) is 146 Å². The summed E-state index contributed by atoms with van der Waals surface area (Å²) in [4.78, 5) is 32.3. The van der Waals surface area contributed by atoms with Crippen LogP contribution in [-0.4, -0.2) is 39.8 Å². The highest BCUT2D eigenvalue weighted by Gasteiger charge is 2.07. The molecule has 0 aromatic heterocycles. The molecule has 144 valence electrons. The quantitative estimate of drug-likeness (QED) is 0.237. The Kier molecular flexibility index (Phi) is 7.11. The summed E-state index contributed by atoms with van der Waals surface area (Å²) in [5, 5.41) is 28.4. The first-order valence-corrected chi connectivity index (χ1v) is 8.20. The van der Waals surface area contributed by atoms with Crippen LogP contribution in [0.25, 0.3) is 0 Å². The van der Waals surface area contributed by atoms with Crippen molar-refractivity contribution in [2.24, 2.45) is 5.10 Å². The van der Waals surface area contributed by atoms with Gasteiger partial charge in [-0.3, -0.25) is 25.1 Å². The number of carboxylic acids is 1. The number of hydrogen-bond donors (Lipinski definition) is 4. The number of hydrogen-bond acceptors (Lipinski definition) is 6. The van der Waals surface area contributed by atoms with Gasteiger partial charge < -0.3 is 15.7 Å². The molecule has 0 aliphatic carbocycles. The molecule has 0 fully saturated rings. The lowest BCUT2D eigenvalue weighted by molar-refractivity contribution is -0.384. The normalized spacial score (nSPS) is 10.3. The molecule has 0 aliphatic rings. The highest BCUT2D eigenvalue weighted by atomic mass is 32.1. The third kappa shape index (κ3) is 6.46. The van der Waals surface area contributed by atoms with Gasteiger partial charge in [0.05, 0.1) is 11.1 Å². The van der Waals surface area contributed by atoms with E-state index in [4.69, 9.17) is 17.3 Å². The number of nitrogens with zero attached hydrogens (tertiary/aromatic N) is 2. The summed E-state index contributed by atoms with van der Waals surface area (Å²) in [7, 11) is 0. The number of aliphatic carboxylic acids is 1. The number of thiocarbonyl (C=S) groups is 1. The van der Waals surface area contributed by atoms with Crippen LogP contribution in [0.1, 0.15) is 15.9 Å². The van der Waals surface area contributed by atoms with Crippen LogP contribution >= 0.6 is 12.2 Å². The number of anilines is 1. The highest BCUT2D eigenvalue weighted by molar-refractivity contribution is 7.80. The molecule has 1 amide bonds. The lowest BCUT2D eigenvalue weighted by atomic mass is 10.2. The average molecular weight is 401 g/mol. The zero-order chi connectivity index (χ0) is 20.5. The third-order valence-corrected chi connectivity index (χ3v) is 3.48. The lowest BCUT2D eigenvalue weighted by Gasteiger charge is -2.08. The zero-order valence-electron chi connectivity index (χ0n) is 14.3. The number of carbonyl (C=O) groups is 2. The molecule has 2 aromatic rings. The maximum Gasteiger partial charge on any atom is 0.322 e. The predicted molar refractivity (Wildman–Crippen MR) is 106 cm³/mol. The van der Waals surface area contributed by atoms with Crippen molar-refractivity contribution in [2.45, 2.75) is 0 Å². The van der Waals surface area contributed by atoms with Crippen LogP contribution in [0.2, 0.25) is 0 Å². The van der Waals surface area contributed by atoms with Crippen molar-refractivity contribution in [1.82, 2.24) is 10.7 Å². The number of carbonyl (C=O) groups excluding carboxylic acids is 1. The number of nitrogens with one attached hydrogen (secondary N) is 3. The van der Waals surface area contributed by atoms with Crippen LogP contribution in [0, 0.1) is 10.1 Å². The van der Waals surface area contributed by atoms with Gasteiger partial charge in [-0.1, -0.05) is 0 Å². The van der Waals surface area contributed by atoms with E-state index < -0.39 is 23.3 Å². The van der Waals surface area contributed by atoms with Gasteiger partial charge in [0.25, 0.3) is 11.6 Å². The van der Waals surface area contributed by atoms with Crippen molar-refractivity contribution in [3.63, 3.8) is 0 Å². The summed E-state index contributed by atoms with van der Waals surface area (Å²) in [5.74, 6) is -1.63. The fourth-order valence-corrected chi connectivity index (χ4v) is 2.14. The van der Waals surface area contributed by atoms with E-state index in [2.05, 4.69) is 21.2 Å². The summed E-state index contributed by atoms with van der Waals surface area (Å²) >= 11 is 5.09. The average Bonchev–Trinajstić information content (AvgIpc) is 2.67. The second-order valence-electron chi connectivity index (χ2n) is 5.33. The number of nitro groups is 1. The molecular formula is C17H15N5O5S. The predicted octanol–water partition coefficient (Wildman–Crippen LogP) is 1.73. The number of nitro benzene ring substituents is 1. The molecule has 2 aromatic carbocycles. The van der Waals surface area contributed by atoms with Crippen LogP contribution in [0.4, 0.5) is 11.4 Å². The molecule has 0 heterocycles. The second kappa shape index (κ2) is 9.73. The van der Waals surface area contributed by atoms with Crippen molar-refractivity contribution in [1.29, 1.82) is 0 Å². The van der Waals surface area contributed by atoms with Crippen LogP contribution < -0.4 is 16.1 Å². The van der Waals surface area contributed by atoms with E-state index >= 15 is 0 Å². The van der Waals surface area contributed by atoms with Gasteiger partial charge >= 0.3 is 5.97 Å². The highest BCUT2D eigenvalue weighted by Crippen LogP contribution is 2.11. The number of benzene rings is 2. The Hall–Kier alpha value is -3.86. The number of non-ortho nitro benzene ring substituents is 1. The van der Waals surface area contributed by atoms with Crippen molar-refractivity contribution in [3.05, 3.63) is 69.8 Å². The largest absolute Gasteiger partial charge is 0.480 e. The zero-order valence-corrected chi connectivity index (χ0v) is 15.1. The minimum absolute atomic E-state index is 0.0117. The van der Waals surface area contributed by atoms with Gasteiger partial charge in [-0.25, -0.2) is 0 Å². The molecule has 10 nitrogen and oxygen atoms in total. The van der Waals surface area contributed by atoms with Crippen molar-refractivity contribution in [2.75, 3.05) is 11.9 Å². The number of carboxylic acid groups (broad SMARTS) is 1. The lowest BCUT2D eigenvalue weighted by Crippen LogP contribution is -2.29. The third-order valence-electron chi connectivity index (χ3n) is 3.29. The fourth-order valence-electron chi connectivity index (χ4n) is 1.97. The van der Waals surface area contributed by atoms with Gasteiger partial charge in [-0.15, -0.1) is 0 Å². The van der Waals surface area contributed by atoms with Crippen molar-refractivity contribution >= 4 is 46.8 Å². The Morgan fingerprint density at radius 2 is 1.79 bits per heavy atom. The summed E-state index contributed by atoms with van der Waals surface area (Å²) in [5.41, 5.74) is 4.14. The summed E-state index contributed by atoms with van der Waals surface area (Å²) in [6, 6.07) is 12.1. The van der Waals surface area contributed by atoms with Gasteiger partial charge in [0.2, 0.25) is 0 Å². The van der Waals surface area contributed by atoms with E-state index in [1.54, 1.807) is 24.3 Å². The Morgan fingerprint density at radius 1 is 1.14 bits per heavy atom. The number of amides is 1. The Morgan fingerprint density at radius 3 is 2.36 bits per heavy atom. The molecule has 0 spiro atoms. The van der Waals surface area contributed by atoms with Crippen molar-refractivity contribution < 1.29 is 19.6 Å². The molecule has 11 heteroatoms. The van der Waals surface area contributed by atoms with Gasteiger partial charge in [0.15, 0.2) is 5.11 Å². The number of rotatable bonds is 7. The molecule has 28 heavy (non-hydrogen) atoms. The minimum Gasteiger partial charge on any atom is -0.480 e. The molecule has 4 N–H and O–H groups in total. The van der Waals surface area contributed by atoms with Crippen LogP contribution in [0.15, 0.2) is 53.6 Å². The van der Waals surface area contributed by atoms with E-state index in [-0.39, 0.29) is 10.8 Å². The molecule has 0 saturated heterocycles. The van der Waals surface area contributed by atoms with E-state index in [0.717, 1.165) is 0 Å². The smallest absolute Gasteiger partial charge is 0.322 e. The molecule has 2 rings (SSSR count). The monoisotopic (exact) mass is 401 g/mol. The SMILES string of the molecule is O=C(O)CNC(=O)c1ccc(NC(=S)N/N=C/c2ccc([N+](=O)[O-])cc2)cc1. The second-order valence-corrected chi connectivity index (χ2v) is 5.73. The van der Waals surface area contributed by atoms with E-state index in [1.807, 2.05) is 0 Å². The first kappa shape index (κ1) is 20.5. The Balaban J connectivity index is 1.84. The maximum atomic E-state index is 11.7. The molecule has 0 radical (unpaired) electrons. The van der Waals surface area contributed by atoms with Crippen molar-refractivity contribution in [3.8, 4) is 0 Å². The molecule has 0 saturated carbocycles. The van der Waals surface area contributed by atoms with E-state index in [1.165, 1.54) is 30.5 Å². The minimum atomic E-state index is -1.13. The van der Waals surface area contributed by atoms with Crippen LogP contribution in [0.3, 0.4) is 0 Å². The first-order chi connectivity index (χ1) is 13.3. The molecule has 0 bridgehead atoms. The summed E-state index contributed by atoms with van der Waals surface area (Å²) in [6.07, 6.45) is 1.45. The number of hydrazone groups is 1. The molecular weight excluding hydrogens is 386 g/mol. The van der Waals surface area contributed by atoms with Gasteiger partial charge in [0.1, 0.15) is 6.54 Å². The first-order valence-electron chi connectivity index (χ1n) is 7.80.